The Kier molecular flexibility index (Phi) is 3.36. The van der Waals surface area contributed by atoms with Crippen LogP contribution < -0.4 is 0 Å². The Morgan fingerprint density at radius 2 is 1.95 bits per heavy atom. The molecule has 1 aromatic carbocycles. The smallest absolute Gasteiger partial charge is 0.254 e. The summed E-state index contributed by atoms with van der Waals surface area (Å²) >= 11 is 0. The predicted molar refractivity (Wildman–Crippen MR) is 72.8 cm³/mol. The minimum atomic E-state index is 0.0880. The molecule has 1 saturated carbocycles. The van der Waals surface area contributed by atoms with Crippen molar-refractivity contribution in [2.45, 2.75) is 38.1 Å². The summed E-state index contributed by atoms with van der Waals surface area (Å²) in [4.78, 5) is 26.2. The van der Waals surface area contributed by atoms with Gasteiger partial charge >= 0.3 is 0 Å². The van der Waals surface area contributed by atoms with E-state index in [4.69, 9.17) is 0 Å². The molecule has 1 amide bonds. The topological polar surface area (TPSA) is 37.4 Å². The van der Waals surface area contributed by atoms with Crippen LogP contribution >= 0.6 is 0 Å². The number of carbonyl (C=O) groups excluding carboxylic acids is 2. The Labute approximate surface area is 113 Å². The fourth-order valence-electron chi connectivity index (χ4n) is 3.43. The van der Waals surface area contributed by atoms with Crippen molar-refractivity contribution in [2.75, 3.05) is 6.54 Å². The van der Waals surface area contributed by atoms with Crippen molar-refractivity contribution in [3.05, 3.63) is 35.9 Å². The summed E-state index contributed by atoms with van der Waals surface area (Å²) in [6, 6.07) is 9.55. The van der Waals surface area contributed by atoms with E-state index in [1.165, 1.54) is 0 Å². The van der Waals surface area contributed by atoms with E-state index in [-0.39, 0.29) is 11.9 Å². The fraction of sp³-hybridized carbons (Fsp3) is 0.500. The zero-order valence-corrected chi connectivity index (χ0v) is 11.0. The molecule has 3 nitrogen and oxygen atoms in total. The summed E-state index contributed by atoms with van der Waals surface area (Å²) in [6.45, 7) is 0.794. The molecule has 2 aliphatic rings. The van der Waals surface area contributed by atoms with Crippen LogP contribution in [0, 0.1) is 5.92 Å². The lowest BCUT2D eigenvalue weighted by atomic mass is 9.77. The zero-order chi connectivity index (χ0) is 13.2. The highest BCUT2D eigenvalue weighted by molar-refractivity contribution is 5.95. The van der Waals surface area contributed by atoms with Crippen LogP contribution in [-0.4, -0.2) is 29.2 Å². The van der Waals surface area contributed by atoms with E-state index >= 15 is 0 Å². The molecule has 0 radical (unpaired) electrons. The highest BCUT2D eigenvalue weighted by Crippen LogP contribution is 2.34. The molecule has 1 aliphatic heterocycles. The maximum atomic E-state index is 12.6. The third kappa shape index (κ3) is 2.42. The first-order chi connectivity index (χ1) is 9.25. The van der Waals surface area contributed by atoms with Crippen molar-refractivity contribution in [2.24, 2.45) is 5.92 Å². The largest absolute Gasteiger partial charge is 0.335 e. The summed E-state index contributed by atoms with van der Waals surface area (Å²) in [6.07, 6.45) is 4.45. The zero-order valence-electron chi connectivity index (χ0n) is 11.0. The molecule has 1 aliphatic carbocycles. The quantitative estimate of drug-likeness (QED) is 0.775. The molecule has 3 heteroatoms. The average Bonchev–Trinajstić information content (AvgIpc) is 2.47. The van der Waals surface area contributed by atoms with E-state index in [9.17, 15) is 9.59 Å². The number of benzene rings is 1. The Morgan fingerprint density at radius 3 is 2.74 bits per heavy atom. The van der Waals surface area contributed by atoms with Gasteiger partial charge in [-0.05, 0) is 37.3 Å². The summed E-state index contributed by atoms with van der Waals surface area (Å²) in [5.74, 6) is 0.929. The maximum absolute atomic E-state index is 12.6. The summed E-state index contributed by atoms with van der Waals surface area (Å²) in [5, 5.41) is 0. The van der Waals surface area contributed by atoms with Gasteiger partial charge in [0.2, 0.25) is 0 Å². The molecule has 3 rings (SSSR count). The molecule has 0 unspecified atom stereocenters. The highest BCUT2D eigenvalue weighted by Gasteiger charge is 2.38. The normalized spacial score (nSPS) is 26.9. The molecule has 100 valence electrons. The number of piperidine rings is 1. The van der Waals surface area contributed by atoms with Crippen LogP contribution in [0.2, 0.25) is 0 Å². The highest BCUT2D eigenvalue weighted by atomic mass is 16.2. The SMILES string of the molecule is O=C1CC[C@@H]2CCCN(C(=O)c3ccccc3)[C@@H]2C1. The van der Waals surface area contributed by atoms with Gasteiger partial charge in [0.25, 0.3) is 5.91 Å². The van der Waals surface area contributed by atoms with Crippen molar-refractivity contribution >= 4 is 11.7 Å². The van der Waals surface area contributed by atoms with Gasteiger partial charge < -0.3 is 4.90 Å². The van der Waals surface area contributed by atoms with Gasteiger partial charge in [-0.25, -0.2) is 0 Å². The van der Waals surface area contributed by atoms with E-state index in [1.807, 2.05) is 35.2 Å². The van der Waals surface area contributed by atoms with Crippen molar-refractivity contribution in [3.63, 3.8) is 0 Å². The molecule has 2 atom stereocenters. The second kappa shape index (κ2) is 5.16. The number of Topliss-reactive ketones (excluding diaryl/α,β-unsaturated/α-hetero) is 1. The number of hydrogen-bond donors (Lipinski definition) is 0. The van der Waals surface area contributed by atoms with Gasteiger partial charge in [-0.3, -0.25) is 9.59 Å². The van der Waals surface area contributed by atoms with E-state index in [1.54, 1.807) is 0 Å². The van der Waals surface area contributed by atoms with Gasteiger partial charge in [0.05, 0.1) is 0 Å². The molecule has 1 heterocycles. The molecule has 0 bridgehead atoms. The number of carbonyl (C=O) groups is 2. The van der Waals surface area contributed by atoms with Gasteiger partial charge in [-0.2, -0.15) is 0 Å². The van der Waals surface area contributed by atoms with E-state index in [2.05, 4.69) is 0 Å². The van der Waals surface area contributed by atoms with E-state index < -0.39 is 0 Å². The maximum Gasteiger partial charge on any atom is 0.254 e. The van der Waals surface area contributed by atoms with Crippen molar-refractivity contribution in [1.82, 2.24) is 4.90 Å². The molecular weight excluding hydrogens is 238 g/mol. The number of amides is 1. The van der Waals surface area contributed by atoms with Crippen LogP contribution in [-0.2, 0) is 4.79 Å². The van der Waals surface area contributed by atoms with E-state index in [0.29, 0.717) is 24.5 Å². The standard InChI is InChI=1S/C16H19NO2/c18-14-9-8-12-7-4-10-17(15(12)11-14)16(19)13-5-2-1-3-6-13/h1-3,5-6,12,15H,4,7-11H2/t12-,15+/m0/s1. The van der Waals surface area contributed by atoms with Gasteiger partial charge in [0.15, 0.2) is 0 Å². The van der Waals surface area contributed by atoms with Crippen LogP contribution in [0.3, 0.4) is 0 Å². The molecule has 0 spiro atoms. The van der Waals surface area contributed by atoms with Gasteiger partial charge in [-0.15, -0.1) is 0 Å². The number of likely N-dealkylation sites (tertiary alicyclic amines) is 1. The first-order valence-electron chi connectivity index (χ1n) is 7.13. The molecule has 1 aromatic rings. The number of hydrogen-bond acceptors (Lipinski definition) is 2. The first-order valence-corrected chi connectivity index (χ1v) is 7.13. The lowest BCUT2D eigenvalue weighted by Gasteiger charge is -2.43. The summed E-state index contributed by atoms with van der Waals surface area (Å²) in [5.41, 5.74) is 0.737. The molecule has 1 saturated heterocycles. The Morgan fingerprint density at radius 1 is 1.16 bits per heavy atom. The van der Waals surface area contributed by atoms with Crippen LogP contribution in [0.15, 0.2) is 30.3 Å². The van der Waals surface area contributed by atoms with Crippen LogP contribution in [0.25, 0.3) is 0 Å². The third-order valence-corrected chi connectivity index (χ3v) is 4.43. The number of rotatable bonds is 1. The second-order valence-electron chi connectivity index (χ2n) is 5.62. The number of nitrogens with zero attached hydrogens (tertiary/aromatic N) is 1. The Balaban J connectivity index is 1.82. The lowest BCUT2D eigenvalue weighted by molar-refractivity contribution is -0.123. The fourth-order valence-corrected chi connectivity index (χ4v) is 3.43. The van der Waals surface area contributed by atoms with Gasteiger partial charge in [0, 0.05) is 31.0 Å². The lowest BCUT2D eigenvalue weighted by Crippen LogP contribution is -2.51. The van der Waals surface area contributed by atoms with Crippen molar-refractivity contribution < 1.29 is 9.59 Å². The third-order valence-electron chi connectivity index (χ3n) is 4.43. The Hall–Kier alpha value is -1.64. The Bertz CT molecular complexity index is 483. The van der Waals surface area contributed by atoms with Gasteiger partial charge in [0.1, 0.15) is 5.78 Å². The summed E-state index contributed by atoms with van der Waals surface area (Å²) < 4.78 is 0. The second-order valence-corrected chi connectivity index (χ2v) is 5.62. The van der Waals surface area contributed by atoms with Crippen molar-refractivity contribution in [3.8, 4) is 0 Å². The summed E-state index contributed by atoms with van der Waals surface area (Å²) in [7, 11) is 0. The number of ketones is 1. The molecular formula is C16H19NO2. The first kappa shape index (κ1) is 12.4. The van der Waals surface area contributed by atoms with Crippen LogP contribution in [0.5, 0.6) is 0 Å². The molecule has 0 aromatic heterocycles. The molecule has 2 fully saturated rings. The monoisotopic (exact) mass is 257 g/mol. The van der Waals surface area contributed by atoms with Crippen LogP contribution in [0.1, 0.15) is 42.5 Å². The van der Waals surface area contributed by atoms with Crippen molar-refractivity contribution in [1.29, 1.82) is 0 Å². The predicted octanol–water partition coefficient (Wildman–Crippen LogP) is 2.66. The average molecular weight is 257 g/mol. The molecule has 0 N–H and O–H groups in total. The minimum absolute atomic E-state index is 0.0880. The minimum Gasteiger partial charge on any atom is -0.335 e. The number of fused-ring (bicyclic) bond motifs is 1. The van der Waals surface area contributed by atoms with Gasteiger partial charge in [-0.1, -0.05) is 18.2 Å². The van der Waals surface area contributed by atoms with E-state index in [0.717, 1.165) is 31.4 Å². The van der Waals surface area contributed by atoms with Crippen LogP contribution in [0.4, 0.5) is 0 Å². The molecule has 19 heavy (non-hydrogen) atoms.